The second-order valence-corrected chi connectivity index (χ2v) is 4.58. The van der Waals surface area contributed by atoms with Crippen LogP contribution in [0.15, 0.2) is 42.5 Å². The SMILES string of the molecule is C=C(C)C(=O)OC(O)C(OCCOCCO)Oc1ccccc1. The fourth-order valence-electron chi connectivity index (χ4n) is 1.46. The van der Waals surface area contributed by atoms with Crippen molar-refractivity contribution < 1.29 is 34.0 Å². The second-order valence-electron chi connectivity index (χ2n) is 4.58. The first-order chi connectivity index (χ1) is 11.0. The Morgan fingerprint density at radius 2 is 1.91 bits per heavy atom. The van der Waals surface area contributed by atoms with E-state index >= 15 is 0 Å². The molecule has 0 saturated carbocycles. The van der Waals surface area contributed by atoms with E-state index in [1.165, 1.54) is 6.92 Å². The predicted molar refractivity (Wildman–Crippen MR) is 81.6 cm³/mol. The van der Waals surface area contributed by atoms with Crippen molar-refractivity contribution >= 4 is 5.97 Å². The summed E-state index contributed by atoms with van der Waals surface area (Å²) in [6, 6.07) is 8.66. The average Bonchev–Trinajstić information content (AvgIpc) is 2.54. The van der Waals surface area contributed by atoms with Crippen LogP contribution in [0.1, 0.15) is 6.92 Å². The van der Waals surface area contributed by atoms with Crippen LogP contribution in [-0.2, 0) is 19.0 Å². The Balaban J connectivity index is 2.59. The molecule has 0 aliphatic carbocycles. The zero-order chi connectivity index (χ0) is 17.1. The first-order valence-electron chi connectivity index (χ1n) is 7.11. The molecular weight excluding hydrogens is 304 g/mol. The standard InChI is InChI=1S/C16H22O7/c1-12(2)14(18)23-15(19)16(21-11-10-20-9-8-17)22-13-6-4-3-5-7-13/h3-7,15-17,19H,1,8-11H2,2H3. The van der Waals surface area contributed by atoms with E-state index in [0.717, 1.165) is 0 Å². The van der Waals surface area contributed by atoms with Gasteiger partial charge in [-0.25, -0.2) is 4.79 Å². The van der Waals surface area contributed by atoms with Gasteiger partial charge in [0, 0.05) is 5.57 Å². The smallest absolute Gasteiger partial charge is 0.335 e. The van der Waals surface area contributed by atoms with Crippen molar-refractivity contribution in [2.24, 2.45) is 0 Å². The van der Waals surface area contributed by atoms with E-state index in [9.17, 15) is 9.90 Å². The van der Waals surface area contributed by atoms with Gasteiger partial charge in [0.25, 0.3) is 12.6 Å². The van der Waals surface area contributed by atoms with Gasteiger partial charge in [0.05, 0.1) is 26.4 Å². The lowest BCUT2D eigenvalue weighted by Crippen LogP contribution is -2.38. The topological polar surface area (TPSA) is 94.5 Å². The van der Waals surface area contributed by atoms with Crippen LogP contribution in [0.3, 0.4) is 0 Å². The molecule has 7 nitrogen and oxygen atoms in total. The molecule has 2 atom stereocenters. The van der Waals surface area contributed by atoms with Crippen LogP contribution in [-0.4, -0.2) is 55.2 Å². The first-order valence-corrected chi connectivity index (χ1v) is 7.11. The number of carbonyl (C=O) groups is 1. The van der Waals surface area contributed by atoms with Gasteiger partial charge in [0.15, 0.2) is 0 Å². The molecule has 0 aliphatic heterocycles. The summed E-state index contributed by atoms with van der Waals surface area (Å²) in [5.41, 5.74) is 0.147. The quantitative estimate of drug-likeness (QED) is 0.269. The number of aliphatic hydroxyl groups excluding tert-OH is 2. The van der Waals surface area contributed by atoms with Gasteiger partial charge in [0.2, 0.25) is 0 Å². The summed E-state index contributed by atoms with van der Waals surface area (Å²) in [6.45, 7) is 5.26. The number of hydrogen-bond donors (Lipinski definition) is 2. The summed E-state index contributed by atoms with van der Waals surface area (Å²) in [4.78, 5) is 11.5. The Kier molecular flexibility index (Phi) is 8.93. The van der Waals surface area contributed by atoms with Gasteiger partial charge in [0.1, 0.15) is 5.75 Å². The van der Waals surface area contributed by atoms with Gasteiger partial charge in [-0.05, 0) is 19.1 Å². The third-order valence-corrected chi connectivity index (χ3v) is 2.55. The van der Waals surface area contributed by atoms with Crippen LogP contribution >= 0.6 is 0 Å². The highest BCUT2D eigenvalue weighted by Crippen LogP contribution is 2.15. The number of carbonyl (C=O) groups excluding carboxylic acids is 1. The maximum atomic E-state index is 11.5. The van der Waals surface area contributed by atoms with Crippen LogP contribution in [0.2, 0.25) is 0 Å². The Hall–Kier alpha value is -1.93. The maximum Gasteiger partial charge on any atom is 0.335 e. The van der Waals surface area contributed by atoms with E-state index in [2.05, 4.69) is 6.58 Å². The molecule has 1 aromatic carbocycles. The second kappa shape index (κ2) is 10.7. The van der Waals surface area contributed by atoms with Crippen molar-refractivity contribution in [3.8, 4) is 5.75 Å². The van der Waals surface area contributed by atoms with Crippen molar-refractivity contribution in [1.29, 1.82) is 0 Å². The van der Waals surface area contributed by atoms with Crippen LogP contribution in [0, 0.1) is 0 Å². The van der Waals surface area contributed by atoms with E-state index in [4.69, 9.17) is 24.1 Å². The van der Waals surface area contributed by atoms with Crippen molar-refractivity contribution in [2.45, 2.75) is 19.5 Å². The lowest BCUT2D eigenvalue weighted by molar-refractivity contribution is -0.236. The van der Waals surface area contributed by atoms with Gasteiger partial charge in [-0.2, -0.15) is 0 Å². The minimum Gasteiger partial charge on any atom is -0.458 e. The zero-order valence-electron chi connectivity index (χ0n) is 13.0. The van der Waals surface area contributed by atoms with E-state index in [1.54, 1.807) is 24.3 Å². The normalized spacial score (nSPS) is 13.2. The molecule has 7 heteroatoms. The Morgan fingerprint density at radius 3 is 2.52 bits per heavy atom. The third-order valence-electron chi connectivity index (χ3n) is 2.55. The molecule has 1 aromatic rings. The Labute approximate surface area is 135 Å². The summed E-state index contributed by atoms with van der Waals surface area (Å²) >= 11 is 0. The van der Waals surface area contributed by atoms with Crippen LogP contribution in [0.5, 0.6) is 5.75 Å². The molecule has 2 N–H and O–H groups in total. The van der Waals surface area contributed by atoms with Crippen molar-refractivity contribution in [2.75, 3.05) is 26.4 Å². The first kappa shape index (κ1) is 19.1. The molecular formula is C16H22O7. The lowest BCUT2D eigenvalue weighted by atomic mass is 10.3. The van der Waals surface area contributed by atoms with Gasteiger partial charge < -0.3 is 29.2 Å². The molecule has 2 unspecified atom stereocenters. The van der Waals surface area contributed by atoms with Gasteiger partial charge in [-0.1, -0.05) is 24.8 Å². The fraction of sp³-hybridized carbons (Fsp3) is 0.438. The largest absolute Gasteiger partial charge is 0.458 e. The number of aliphatic hydroxyl groups is 2. The maximum absolute atomic E-state index is 11.5. The number of para-hydroxylation sites is 1. The van der Waals surface area contributed by atoms with Crippen LogP contribution < -0.4 is 4.74 Å². The monoisotopic (exact) mass is 326 g/mol. The lowest BCUT2D eigenvalue weighted by Gasteiger charge is -2.24. The van der Waals surface area contributed by atoms with Gasteiger partial charge >= 0.3 is 5.97 Å². The molecule has 0 aromatic heterocycles. The molecule has 23 heavy (non-hydrogen) atoms. The molecule has 0 bridgehead atoms. The van der Waals surface area contributed by atoms with Crippen LogP contribution in [0.4, 0.5) is 0 Å². The number of esters is 1. The van der Waals surface area contributed by atoms with Gasteiger partial charge in [-0.3, -0.25) is 0 Å². The zero-order valence-corrected chi connectivity index (χ0v) is 13.0. The molecule has 128 valence electrons. The van der Waals surface area contributed by atoms with Crippen molar-refractivity contribution in [1.82, 2.24) is 0 Å². The molecule has 0 fully saturated rings. The average molecular weight is 326 g/mol. The van der Waals surface area contributed by atoms with Gasteiger partial charge in [-0.15, -0.1) is 0 Å². The number of ether oxygens (including phenoxy) is 4. The number of benzene rings is 1. The highest BCUT2D eigenvalue weighted by molar-refractivity contribution is 5.87. The predicted octanol–water partition coefficient (Wildman–Crippen LogP) is 0.855. The summed E-state index contributed by atoms with van der Waals surface area (Å²) in [7, 11) is 0. The molecule has 0 heterocycles. The molecule has 1 rings (SSSR count). The highest BCUT2D eigenvalue weighted by atomic mass is 16.7. The molecule has 0 radical (unpaired) electrons. The third kappa shape index (κ3) is 7.75. The van der Waals surface area contributed by atoms with E-state index in [-0.39, 0.29) is 32.0 Å². The van der Waals surface area contributed by atoms with Crippen molar-refractivity contribution in [3.63, 3.8) is 0 Å². The summed E-state index contributed by atoms with van der Waals surface area (Å²) in [5, 5.41) is 18.6. The van der Waals surface area contributed by atoms with Crippen LogP contribution in [0.25, 0.3) is 0 Å². The summed E-state index contributed by atoms with van der Waals surface area (Å²) in [5.74, 6) is -0.307. The number of rotatable bonds is 11. The van der Waals surface area contributed by atoms with E-state index in [1.807, 2.05) is 6.07 Å². The van der Waals surface area contributed by atoms with Crippen molar-refractivity contribution in [3.05, 3.63) is 42.5 Å². The Bertz CT molecular complexity index is 475. The minimum absolute atomic E-state index is 0.0825. The highest BCUT2D eigenvalue weighted by Gasteiger charge is 2.26. The summed E-state index contributed by atoms with van der Waals surface area (Å²) < 4.78 is 20.7. The molecule has 0 amide bonds. The molecule has 0 aliphatic rings. The van der Waals surface area contributed by atoms with E-state index in [0.29, 0.717) is 5.75 Å². The van der Waals surface area contributed by atoms with E-state index < -0.39 is 18.5 Å². The molecule has 0 spiro atoms. The fourth-order valence-corrected chi connectivity index (χ4v) is 1.46. The molecule has 0 saturated heterocycles. The summed E-state index contributed by atoms with van der Waals surface area (Å²) in [6.07, 6.45) is -2.85. The number of hydrogen-bond acceptors (Lipinski definition) is 7. The Morgan fingerprint density at radius 1 is 1.22 bits per heavy atom. The minimum atomic E-state index is -1.63.